The summed E-state index contributed by atoms with van der Waals surface area (Å²) in [6, 6.07) is 89.7. The third-order valence-electron chi connectivity index (χ3n) is 12.6. The summed E-state index contributed by atoms with van der Waals surface area (Å²) in [5.74, 6) is 0. The highest BCUT2D eigenvalue weighted by Crippen LogP contribution is 2.43. The molecule has 0 amide bonds. The van der Waals surface area contributed by atoms with Crippen LogP contribution in [0.4, 0.5) is 17.1 Å². The fourth-order valence-electron chi connectivity index (χ4n) is 9.51. The maximum absolute atomic E-state index is 6.62. The molecule has 0 N–H and O–H groups in total. The van der Waals surface area contributed by atoms with E-state index >= 15 is 0 Å². The monoisotopic (exact) mass is 815 g/mol. The Kier molecular flexibility index (Phi) is 9.20. The van der Waals surface area contributed by atoms with E-state index in [1.54, 1.807) is 0 Å². The molecule has 2 heteroatoms. The fourth-order valence-corrected chi connectivity index (χ4v) is 9.51. The number of hydrogen-bond acceptors (Lipinski definition) is 2. The summed E-state index contributed by atoms with van der Waals surface area (Å²) in [5, 5.41) is 7.04. The van der Waals surface area contributed by atoms with E-state index in [1.165, 1.54) is 55.1 Å². The van der Waals surface area contributed by atoms with Gasteiger partial charge in [-0.25, -0.2) is 0 Å². The van der Waals surface area contributed by atoms with Gasteiger partial charge in [0.25, 0.3) is 0 Å². The van der Waals surface area contributed by atoms with Crippen molar-refractivity contribution in [2.45, 2.75) is 0 Å². The number of nitrogens with zero attached hydrogens (tertiary/aromatic N) is 1. The smallest absolute Gasteiger partial charge is 0.143 e. The summed E-state index contributed by atoms with van der Waals surface area (Å²) in [4.78, 5) is 2.37. The minimum absolute atomic E-state index is 0.887. The van der Waals surface area contributed by atoms with E-state index < -0.39 is 0 Å². The lowest BCUT2D eigenvalue weighted by Gasteiger charge is -2.26. The molecule has 12 aromatic rings. The molecule has 0 unspecified atom stereocenters. The Morgan fingerprint density at radius 3 is 1.44 bits per heavy atom. The summed E-state index contributed by atoms with van der Waals surface area (Å²) in [6.07, 6.45) is 0. The van der Waals surface area contributed by atoms with Gasteiger partial charge in [0.05, 0.1) is 0 Å². The van der Waals surface area contributed by atoms with Crippen LogP contribution in [0.3, 0.4) is 0 Å². The zero-order valence-corrected chi connectivity index (χ0v) is 35.0. The van der Waals surface area contributed by atoms with Crippen molar-refractivity contribution in [1.82, 2.24) is 0 Å². The highest BCUT2D eigenvalue weighted by atomic mass is 16.3. The zero-order chi connectivity index (χ0) is 42.4. The van der Waals surface area contributed by atoms with Crippen LogP contribution >= 0.6 is 0 Å². The topological polar surface area (TPSA) is 16.4 Å². The highest BCUT2D eigenvalue weighted by molar-refractivity contribution is 6.19. The van der Waals surface area contributed by atoms with Crippen molar-refractivity contribution in [2.75, 3.05) is 4.90 Å². The molecule has 0 bridgehead atoms. The summed E-state index contributed by atoms with van der Waals surface area (Å²) < 4.78 is 6.62. The first-order valence-corrected chi connectivity index (χ1v) is 21.9. The second kappa shape index (κ2) is 15.8. The number of benzene rings is 11. The summed E-state index contributed by atoms with van der Waals surface area (Å²) in [5.41, 5.74) is 16.8. The lowest BCUT2D eigenvalue weighted by atomic mass is 9.93. The fraction of sp³-hybridized carbons (Fsp3) is 0. The predicted molar refractivity (Wildman–Crippen MR) is 271 cm³/mol. The minimum Gasteiger partial charge on any atom is -0.455 e. The van der Waals surface area contributed by atoms with E-state index in [4.69, 9.17) is 4.42 Å². The van der Waals surface area contributed by atoms with Crippen molar-refractivity contribution < 1.29 is 4.42 Å². The average molecular weight is 816 g/mol. The average Bonchev–Trinajstić information content (AvgIpc) is 3.77. The Bertz CT molecular complexity index is 3580. The first-order valence-electron chi connectivity index (χ1n) is 21.9. The Morgan fingerprint density at radius 1 is 0.266 bits per heavy atom. The summed E-state index contributed by atoms with van der Waals surface area (Å²) in [7, 11) is 0. The van der Waals surface area contributed by atoms with Gasteiger partial charge in [-0.2, -0.15) is 0 Å². The zero-order valence-electron chi connectivity index (χ0n) is 35.0. The molecule has 0 radical (unpaired) electrons. The van der Waals surface area contributed by atoms with Crippen molar-refractivity contribution in [2.24, 2.45) is 0 Å². The quantitative estimate of drug-likeness (QED) is 0.152. The lowest BCUT2D eigenvalue weighted by molar-refractivity contribution is 0.673. The van der Waals surface area contributed by atoms with Gasteiger partial charge in [0.2, 0.25) is 0 Å². The first kappa shape index (κ1) is 37.3. The number of anilines is 3. The summed E-state index contributed by atoms with van der Waals surface area (Å²) in [6.45, 7) is 0. The third-order valence-corrected chi connectivity index (χ3v) is 12.6. The minimum atomic E-state index is 0.887. The normalized spacial score (nSPS) is 11.4. The molecule has 64 heavy (non-hydrogen) atoms. The van der Waals surface area contributed by atoms with Crippen molar-refractivity contribution >= 4 is 60.5 Å². The van der Waals surface area contributed by atoms with Crippen LogP contribution in [0.2, 0.25) is 0 Å². The van der Waals surface area contributed by atoms with Crippen LogP contribution in [0.1, 0.15) is 0 Å². The van der Waals surface area contributed by atoms with Crippen LogP contribution in [0, 0.1) is 0 Å². The molecule has 2 nitrogen and oxygen atoms in total. The van der Waals surface area contributed by atoms with E-state index in [9.17, 15) is 0 Å². The molecule has 1 heterocycles. The number of furan rings is 1. The molecule has 0 fully saturated rings. The van der Waals surface area contributed by atoms with Crippen molar-refractivity contribution in [1.29, 1.82) is 0 Å². The molecule has 0 saturated heterocycles. The molecule has 0 atom stereocenters. The molecule has 0 saturated carbocycles. The molecule has 12 rings (SSSR count). The van der Waals surface area contributed by atoms with Crippen molar-refractivity contribution in [3.63, 3.8) is 0 Å². The van der Waals surface area contributed by atoms with Crippen molar-refractivity contribution in [3.05, 3.63) is 249 Å². The van der Waals surface area contributed by atoms with Gasteiger partial charge in [-0.1, -0.05) is 182 Å². The van der Waals surface area contributed by atoms with Crippen molar-refractivity contribution in [3.8, 4) is 55.6 Å². The maximum Gasteiger partial charge on any atom is 0.143 e. The van der Waals surface area contributed by atoms with Gasteiger partial charge < -0.3 is 9.32 Å². The molecule has 0 spiro atoms. The molecule has 0 aliphatic rings. The Hall–Kier alpha value is -8.46. The van der Waals surface area contributed by atoms with Gasteiger partial charge in [0.1, 0.15) is 11.2 Å². The molecule has 11 aromatic carbocycles. The largest absolute Gasteiger partial charge is 0.455 e. The number of hydrogen-bond donors (Lipinski definition) is 0. The molecular weight excluding hydrogens is 775 g/mol. The first-order chi connectivity index (χ1) is 31.7. The highest BCUT2D eigenvalue weighted by Gasteiger charge is 2.18. The number of rotatable bonds is 8. The Balaban J connectivity index is 0.986. The van der Waals surface area contributed by atoms with Gasteiger partial charge >= 0.3 is 0 Å². The van der Waals surface area contributed by atoms with Crippen LogP contribution in [-0.4, -0.2) is 0 Å². The van der Waals surface area contributed by atoms with Crippen LogP contribution in [0.25, 0.3) is 99.1 Å². The second-order valence-electron chi connectivity index (χ2n) is 16.5. The van der Waals surface area contributed by atoms with Gasteiger partial charge in [-0.05, 0) is 139 Å². The van der Waals surface area contributed by atoms with E-state index in [2.05, 4.69) is 254 Å². The Labute approximate surface area is 372 Å². The van der Waals surface area contributed by atoms with E-state index in [1.807, 2.05) is 0 Å². The molecule has 300 valence electrons. The van der Waals surface area contributed by atoms with Crippen LogP contribution < -0.4 is 4.90 Å². The standard InChI is InChI=1S/C62H41NO/c1-3-14-42(15-4-1)49-38-50(43-16-5-2-6-17-43)40-51(39-49)44-28-33-52(34-29-44)63(53-35-30-47(31-36-53)56-25-12-20-45-18-7-9-23-55(45)56)54-22-11-21-48(41-54)57-26-13-27-60-61(57)59-37-32-46-19-8-10-24-58(46)62(59)64-60/h1-41H. The molecule has 1 aromatic heterocycles. The van der Waals surface area contributed by atoms with E-state index in [-0.39, 0.29) is 0 Å². The van der Waals surface area contributed by atoms with Gasteiger partial charge in [-0.3, -0.25) is 0 Å². The van der Waals surface area contributed by atoms with Crippen LogP contribution in [-0.2, 0) is 0 Å². The van der Waals surface area contributed by atoms with Gasteiger partial charge in [-0.15, -0.1) is 0 Å². The van der Waals surface area contributed by atoms with Crippen LogP contribution in [0.15, 0.2) is 253 Å². The Morgan fingerprint density at radius 2 is 0.766 bits per heavy atom. The van der Waals surface area contributed by atoms with E-state index in [0.29, 0.717) is 0 Å². The number of fused-ring (bicyclic) bond motifs is 6. The third kappa shape index (κ3) is 6.70. The molecule has 0 aliphatic carbocycles. The lowest BCUT2D eigenvalue weighted by Crippen LogP contribution is -2.10. The van der Waals surface area contributed by atoms with Gasteiger partial charge in [0.15, 0.2) is 0 Å². The van der Waals surface area contributed by atoms with Gasteiger partial charge in [0, 0.05) is 33.2 Å². The maximum atomic E-state index is 6.62. The van der Waals surface area contributed by atoms with E-state index in [0.717, 1.165) is 61.1 Å². The van der Waals surface area contributed by atoms with Crippen LogP contribution in [0.5, 0.6) is 0 Å². The SMILES string of the molecule is c1ccc(-c2cc(-c3ccccc3)cc(-c3ccc(N(c4ccc(-c5cccc6ccccc56)cc4)c4cccc(-c5cccc6oc7c8ccccc8ccc7c56)c4)cc3)c2)cc1. The summed E-state index contributed by atoms with van der Waals surface area (Å²) >= 11 is 0. The predicted octanol–water partition coefficient (Wildman–Crippen LogP) is 17.7. The molecular formula is C62H41NO. The second-order valence-corrected chi connectivity index (χ2v) is 16.5. The molecule has 0 aliphatic heterocycles.